The first-order chi connectivity index (χ1) is 7.93. The van der Waals surface area contributed by atoms with E-state index in [1.54, 1.807) is 6.08 Å². The van der Waals surface area contributed by atoms with Gasteiger partial charge in [-0.25, -0.2) is 4.79 Å². The zero-order valence-corrected chi connectivity index (χ0v) is 9.94. The molecule has 0 unspecified atom stereocenters. The van der Waals surface area contributed by atoms with Crippen molar-refractivity contribution in [2.75, 3.05) is 7.11 Å². The average Bonchev–Trinajstić information content (AvgIpc) is 2.25. The number of nitriles is 1. The monoisotopic (exact) mass is 238 g/mol. The molecule has 1 aliphatic rings. The zero-order chi connectivity index (χ0) is 13.1. The molecule has 17 heavy (non-hydrogen) atoms. The molecule has 0 aromatic rings. The van der Waals surface area contributed by atoms with Crippen molar-refractivity contribution in [3.8, 4) is 6.07 Å². The number of carbonyl (C=O) groups is 2. The Hall–Kier alpha value is -2.03. The van der Waals surface area contributed by atoms with Gasteiger partial charge in [0.25, 0.3) is 5.72 Å². The summed E-state index contributed by atoms with van der Waals surface area (Å²) in [5.74, 6) is -1.23. The summed E-state index contributed by atoms with van der Waals surface area (Å²) < 4.78 is 9.87. The third-order valence-corrected chi connectivity index (χ3v) is 2.33. The van der Waals surface area contributed by atoms with E-state index < -0.39 is 17.6 Å². The van der Waals surface area contributed by atoms with E-state index in [-0.39, 0.29) is 18.1 Å². The van der Waals surface area contributed by atoms with Gasteiger partial charge < -0.3 is 14.8 Å². The Labute approximate surface area is 99.2 Å². The van der Waals surface area contributed by atoms with Crippen LogP contribution in [0.4, 0.5) is 0 Å². The second-order valence-electron chi connectivity index (χ2n) is 3.93. The molecule has 1 N–H and O–H groups in total. The fourth-order valence-electron chi connectivity index (χ4n) is 1.80. The molecular formula is C11H14N2O4. The number of nitrogens with one attached hydrogen (secondary N) is 1. The molecule has 0 aromatic carbocycles. The van der Waals surface area contributed by atoms with Gasteiger partial charge in [0.05, 0.1) is 7.11 Å². The topological polar surface area (TPSA) is 88.4 Å². The van der Waals surface area contributed by atoms with Crippen molar-refractivity contribution < 1.29 is 19.1 Å². The molecule has 2 atom stereocenters. The maximum Gasteiger partial charge on any atom is 0.372 e. The van der Waals surface area contributed by atoms with Gasteiger partial charge in [-0.3, -0.25) is 4.79 Å². The first-order valence-corrected chi connectivity index (χ1v) is 5.11. The van der Waals surface area contributed by atoms with Crippen LogP contribution in [0.5, 0.6) is 0 Å². The van der Waals surface area contributed by atoms with Gasteiger partial charge >= 0.3 is 5.97 Å². The Kier molecular flexibility index (Phi) is 3.73. The number of hydrogen-bond acceptors (Lipinski definition) is 5. The van der Waals surface area contributed by atoms with Crippen LogP contribution in [-0.4, -0.2) is 24.7 Å². The lowest BCUT2D eigenvalue weighted by atomic mass is 9.94. The fraction of sp³-hybridized carbons (Fsp3) is 0.545. The molecular weight excluding hydrogens is 224 g/mol. The molecule has 6 nitrogen and oxygen atoms in total. The highest BCUT2D eigenvalue weighted by atomic mass is 16.6. The molecule has 0 saturated heterocycles. The van der Waals surface area contributed by atoms with E-state index in [9.17, 15) is 9.59 Å². The number of carbonyl (C=O) groups excluding carboxylic acids is 2. The first kappa shape index (κ1) is 13.0. The predicted molar refractivity (Wildman–Crippen MR) is 57.1 cm³/mol. The Bertz CT molecular complexity index is 410. The van der Waals surface area contributed by atoms with Gasteiger partial charge in [-0.1, -0.05) is 6.92 Å². The molecule has 1 aliphatic heterocycles. The molecule has 0 aliphatic carbocycles. The van der Waals surface area contributed by atoms with E-state index in [0.29, 0.717) is 0 Å². The highest BCUT2D eigenvalue weighted by molar-refractivity contribution is 5.86. The van der Waals surface area contributed by atoms with Gasteiger partial charge in [-0.15, -0.1) is 0 Å². The van der Waals surface area contributed by atoms with E-state index >= 15 is 0 Å². The lowest BCUT2D eigenvalue weighted by Gasteiger charge is -2.35. The Balaban J connectivity index is 3.09. The van der Waals surface area contributed by atoms with Crippen molar-refractivity contribution in [2.45, 2.75) is 26.0 Å². The van der Waals surface area contributed by atoms with E-state index in [4.69, 9.17) is 10.00 Å². The number of methoxy groups -OCH3 is 1. The first-order valence-electron chi connectivity index (χ1n) is 5.11. The minimum atomic E-state index is -1.60. The van der Waals surface area contributed by atoms with Gasteiger partial charge in [-0.2, -0.15) is 5.26 Å². The Morgan fingerprint density at radius 3 is 2.82 bits per heavy atom. The number of allylic oxidation sites excluding steroid dienone is 2. The smallest absolute Gasteiger partial charge is 0.372 e. The number of ether oxygens (including phenoxy) is 2. The lowest BCUT2D eigenvalue weighted by Crippen LogP contribution is -2.58. The molecule has 6 heteroatoms. The summed E-state index contributed by atoms with van der Waals surface area (Å²) in [5, 5.41) is 11.2. The summed E-state index contributed by atoms with van der Waals surface area (Å²) in [6, 6.07) is 1.82. The van der Waals surface area contributed by atoms with Crippen LogP contribution in [0.25, 0.3) is 0 Å². The van der Waals surface area contributed by atoms with E-state index in [2.05, 4.69) is 10.1 Å². The summed E-state index contributed by atoms with van der Waals surface area (Å²) in [5.41, 5.74) is -1.60. The van der Waals surface area contributed by atoms with Crippen molar-refractivity contribution in [1.82, 2.24) is 5.32 Å². The summed E-state index contributed by atoms with van der Waals surface area (Å²) in [4.78, 5) is 22.9. The van der Waals surface area contributed by atoms with E-state index in [0.717, 1.165) is 0 Å². The highest BCUT2D eigenvalue weighted by Gasteiger charge is 2.47. The molecule has 0 fully saturated rings. The quantitative estimate of drug-likeness (QED) is 0.706. The number of amides is 1. The van der Waals surface area contributed by atoms with Crippen LogP contribution in [0.3, 0.4) is 0 Å². The second kappa shape index (κ2) is 4.87. The van der Waals surface area contributed by atoms with Gasteiger partial charge in [0, 0.05) is 13.3 Å². The van der Waals surface area contributed by atoms with Crippen molar-refractivity contribution in [2.24, 2.45) is 5.92 Å². The predicted octanol–water partition coefficient (Wildman–Crippen LogP) is 0.456. The summed E-state index contributed by atoms with van der Waals surface area (Å²) in [6.07, 6.45) is 1.83. The molecule has 0 saturated carbocycles. The van der Waals surface area contributed by atoms with Gasteiger partial charge in [0.2, 0.25) is 5.91 Å². The number of rotatable bonds is 2. The lowest BCUT2D eigenvalue weighted by molar-refractivity contribution is -0.174. The molecule has 1 heterocycles. The average molecular weight is 238 g/mol. The van der Waals surface area contributed by atoms with Crippen molar-refractivity contribution in [3.05, 3.63) is 11.8 Å². The minimum Gasteiger partial charge on any atom is -0.465 e. The Morgan fingerprint density at radius 2 is 2.35 bits per heavy atom. The summed E-state index contributed by atoms with van der Waals surface area (Å²) >= 11 is 0. The molecule has 92 valence electrons. The molecule has 0 radical (unpaired) electrons. The van der Waals surface area contributed by atoms with Crippen LogP contribution in [0, 0.1) is 17.2 Å². The summed E-state index contributed by atoms with van der Waals surface area (Å²) in [7, 11) is 1.20. The van der Waals surface area contributed by atoms with Crippen LogP contribution in [0.15, 0.2) is 11.8 Å². The van der Waals surface area contributed by atoms with Crippen LogP contribution < -0.4 is 5.32 Å². The molecule has 1 amide bonds. The highest BCUT2D eigenvalue weighted by Crippen LogP contribution is 2.30. The third-order valence-electron chi connectivity index (χ3n) is 2.33. The zero-order valence-electron chi connectivity index (χ0n) is 9.94. The van der Waals surface area contributed by atoms with Gasteiger partial charge in [0.15, 0.2) is 5.76 Å². The standard InChI is InChI=1S/C11H14N2O4/c1-7-4-9(6-12)17-11(5-7,10(15)16-3)13-8(2)14/h4,7H,5H2,1-3H3,(H,13,14)/t7-,11+/m1/s1. The van der Waals surface area contributed by atoms with E-state index in [1.165, 1.54) is 14.0 Å². The molecule has 0 bridgehead atoms. The van der Waals surface area contributed by atoms with Crippen molar-refractivity contribution >= 4 is 11.9 Å². The van der Waals surface area contributed by atoms with Crippen LogP contribution in [-0.2, 0) is 19.1 Å². The van der Waals surface area contributed by atoms with Gasteiger partial charge in [-0.05, 0) is 12.0 Å². The largest absolute Gasteiger partial charge is 0.465 e. The van der Waals surface area contributed by atoms with E-state index in [1.807, 2.05) is 13.0 Å². The summed E-state index contributed by atoms with van der Waals surface area (Å²) in [6.45, 7) is 3.09. The Morgan fingerprint density at radius 1 is 1.71 bits per heavy atom. The molecule has 0 spiro atoms. The maximum atomic E-state index is 11.7. The van der Waals surface area contributed by atoms with Gasteiger partial charge in [0.1, 0.15) is 6.07 Å². The van der Waals surface area contributed by atoms with Crippen LogP contribution in [0.2, 0.25) is 0 Å². The third kappa shape index (κ3) is 2.75. The number of esters is 1. The van der Waals surface area contributed by atoms with Crippen molar-refractivity contribution in [1.29, 1.82) is 5.26 Å². The molecule has 0 aromatic heterocycles. The maximum absolute atomic E-state index is 11.7. The second-order valence-corrected chi connectivity index (χ2v) is 3.93. The molecule has 1 rings (SSSR count). The fourth-order valence-corrected chi connectivity index (χ4v) is 1.80. The van der Waals surface area contributed by atoms with Crippen molar-refractivity contribution in [3.63, 3.8) is 0 Å². The minimum absolute atomic E-state index is 0.00269. The number of nitrogens with zero attached hydrogens (tertiary/aromatic N) is 1. The van der Waals surface area contributed by atoms with Crippen LogP contribution >= 0.6 is 0 Å². The normalized spacial score (nSPS) is 27.2. The SMILES string of the molecule is COC(=O)[C@]1(NC(C)=O)C[C@H](C)C=C(C#N)O1. The van der Waals surface area contributed by atoms with Crippen LogP contribution in [0.1, 0.15) is 20.3 Å². The number of hydrogen-bond donors (Lipinski definition) is 1.